The molecule has 0 amide bonds. The molecule has 2 aromatic rings. The van der Waals surface area contributed by atoms with Crippen LogP contribution in [0.2, 0.25) is 0 Å². The number of hydrogen-bond donors (Lipinski definition) is 0. The van der Waals surface area contributed by atoms with Gasteiger partial charge in [-0.3, -0.25) is 4.57 Å². The van der Waals surface area contributed by atoms with Gasteiger partial charge in [-0.15, -0.1) is 10.2 Å². The molecule has 0 N–H and O–H groups in total. The van der Waals surface area contributed by atoms with Crippen molar-refractivity contribution in [1.29, 1.82) is 0 Å². The van der Waals surface area contributed by atoms with Gasteiger partial charge in [-0.1, -0.05) is 11.8 Å². The molecule has 26 heavy (non-hydrogen) atoms. The molecule has 140 valence electrons. The van der Waals surface area contributed by atoms with E-state index >= 15 is 0 Å². The lowest BCUT2D eigenvalue weighted by Crippen LogP contribution is -2.17. The minimum absolute atomic E-state index is 0.241. The van der Waals surface area contributed by atoms with Crippen molar-refractivity contribution in [3.63, 3.8) is 0 Å². The molecule has 0 spiro atoms. The van der Waals surface area contributed by atoms with Crippen molar-refractivity contribution in [2.75, 3.05) is 26.1 Å². The zero-order valence-electron chi connectivity index (χ0n) is 15.1. The molecule has 2 aliphatic rings. The summed E-state index contributed by atoms with van der Waals surface area (Å²) in [5.41, 5.74) is 1.04. The normalized spacial score (nSPS) is 22.8. The van der Waals surface area contributed by atoms with Gasteiger partial charge in [0.15, 0.2) is 11.0 Å². The van der Waals surface area contributed by atoms with Crippen LogP contribution in [0, 0.1) is 0 Å². The lowest BCUT2D eigenvalue weighted by molar-refractivity contribution is 0.0953. The predicted molar refractivity (Wildman–Crippen MR) is 101 cm³/mol. The molecule has 2 fully saturated rings. The van der Waals surface area contributed by atoms with E-state index < -0.39 is 0 Å². The molecule has 2 saturated heterocycles. The first-order valence-electron chi connectivity index (χ1n) is 9.27. The highest BCUT2D eigenvalue weighted by molar-refractivity contribution is 7.99. The van der Waals surface area contributed by atoms with Crippen LogP contribution in [0.15, 0.2) is 29.4 Å². The fourth-order valence-corrected chi connectivity index (χ4v) is 4.46. The van der Waals surface area contributed by atoms with Crippen LogP contribution >= 0.6 is 11.8 Å². The van der Waals surface area contributed by atoms with Gasteiger partial charge in [0.05, 0.1) is 25.9 Å². The van der Waals surface area contributed by atoms with Crippen LogP contribution in [-0.4, -0.2) is 53.0 Å². The Kier molecular flexibility index (Phi) is 5.77. The summed E-state index contributed by atoms with van der Waals surface area (Å²) in [6.45, 7) is 2.52. The zero-order chi connectivity index (χ0) is 17.8. The second-order valence-electron chi connectivity index (χ2n) is 6.73. The minimum atomic E-state index is 0.241. The fraction of sp³-hybridized carbons (Fsp3) is 0.579. The van der Waals surface area contributed by atoms with Crippen LogP contribution < -0.4 is 4.74 Å². The third-order valence-corrected chi connectivity index (χ3v) is 6.00. The maximum absolute atomic E-state index is 5.86. The lowest BCUT2D eigenvalue weighted by Gasteiger charge is -2.15. The SMILES string of the molecule is COc1ccc(-c2nnc(SCC3CCCO3)n2CC2CCCO2)cc1. The van der Waals surface area contributed by atoms with E-state index in [4.69, 9.17) is 14.2 Å². The second-order valence-corrected chi connectivity index (χ2v) is 7.71. The molecule has 2 aliphatic heterocycles. The average Bonchev–Trinajstić information content (AvgIpc) is 3.43. The largest absolute Gasteiger partial charge is 0.497 e. The van der Waals surface area contributed by atoms with Crippen LogP contribution in [0.5, 0.6) is 5.75 Å². The maximum atomic E-state index is 5.86. The number of nitrogens with zero attached hydrogens (tertiary/aromatic N) is 3. The number of ether oxygens (including phenoxy) is 3. The Labute approximate surface area is 158 Å². The molecule has 0 saturated carbocycles. The van der Waals surface area contributed by atoms with Crippen LogP contribution in [0.25, 0.3) is 11.4 Å². The zero-order valence-corrected chi connectivity index (χ0v) is 15.9. The van der Waals surface area contributed by atoms with E-state index in [2.05, 4.69) is 14.8 Å². The molecule has 7 heteroatoms. The van der Waals surface area contributed by atoms with Gasteiger partial charge in [-0.25, -0.2) is 0 Å². The van der Waals surface area contributed by atoms with E-state index in [-0.39, 0.29) is 6.10 Å². The van der Waals surface area contributed by atoms with Gasteiger partial charge in [0.25, 0.3) is 0 Å². The summed E-state index contributed by atoms with van der Waals surface area (Å²) in [6, 6.07) is 7.98. The van der Waals surface area contributed by atoms with Crippen molar-refractivity contribution < 1.29 is 14.2 Å². The number of aromatic nitrogens is 3. The van der Waals surface area contributed by atoms with Crippen molar-refractivity contribution in [3.05, 3.63) is 24.3 Å². The number of rotatable bonds is 7. The summed E-state index contributed by atoms with van der Waals surface area (Å²) in [7, 11) is 1.68. The highest BCUT2D eigenvalue weighted by Gasteiger charge is 2.23. The summed E-state index contributed by atoms with van der Waals surface area (Å²) >= 11 is 1.73. The third kappa shape index (κ3) is 4.05. The van der Waals surface area contributed by atoms with E-state index in [1.54, 1.807) is 18.9 Å². The van der Waals surface area contributed by atoms with E-state index in [0.717, 1.165) is 73.5 Å². The fourth-order valence-electron chi connectivity index (χ4n) is 3.45. The Morgan fingerprint density at radius 3 is 2.46 bits per heavy atom. The Bertz CT molecular complexity index is 707. The van der Waals surface area contributed by atoms with Gasteiger partial charge in [0, 0.05) is 24.5 Å². The highest BCUT2D eigenvalue weighted by Crippen LogP contribution is 2.29. The molecular formula is C19H25N3O3S. The Hall–Kier alpha value is -1.57. The van der Waals surface area contributed by atoms with Crippen LogP contribution in [0.1, 0.15) is 25.7 Å². The number of thioether (sulfide) groups is 1. The first kappa shape index (κ1) is 17.8. The van der Waals surface area contributed by atoms with Crippen LogP contribution in [-0.2, 0) is 16.0 Å². The van der Waals surface area contributed by atoms with Gasteiger partial charge < -0.3 is 14.2 Å². The Morgan fingerprint density at radius 2 is 1.81 bits per heavy atom. The van der Waals surface area contributed by atoms with E-state index in [0.29, 0.717) is 6.10 Å². The Balaban J connectivity index is 1.56. The van der Waals surface area contributed by atoms with Crippen LogP contribution in [0.4, 0.5) is 0 Å². The summed E-state index contributed by atoms with van der Waals surface area (Å²) in [6.07, 6.45) is 5.09. The quantitative estimate of drug-likeness (QED) is 0.691. The molecule has 2 unspecified atom stereocenters. The topological polar surface area (TPSA) is 58.4 Å². The maximum Gasteiger partial charge on any atom is 0.191 e. The number of benzene rings is 1. The van der Waals surface area contributed by atoms with Crippen molar-refractivity contribution in [3.8, 4) is 17.1 Å². The Morgan fingerprint density at radius 1 is 1.08 bits per heavy atom. The van der Waals surface area contributed by atoms with Crippen molar-refractivity contribution >= 4 is 11.8 Å². The molecule has 0 radical (unpaired) electrons. The smallest absolute Gasteiger partial charge is 0.191 e. The molecule has 0 aliphatic carbocycles. The molecular weight excluding hydrogens is 350 g/mol. The lowest BCUT2D eigenvalue weighted by atomic mass is 10.2. The summed E-state index contributed by atoms with van der Waals surface area (Å²) in [5.74, 6) is 2.65. The highest BCUT2D eigenvalue weighted by atomic mass is 32.2. The number of hydrogen-bond acceptors (Lipinski definition) is 6. The molecule has 4 rings (SSSR count). The van der Waals surface area contributed by atoms with Crippen molar-refractivity contribution in [1.82, 2.24) is 14.8 Å². The van der Waals surface area contributed by atoms with Crippen molar-refractivity contribution in [2.45, 2.75) is 49.6 Å². The molecule has 0 bridgehead atoms. The van der Waals surface area contributed by atoms with E-state index in [1.807, 2.05) is 24.3 Å². The van der Waals surface area contributed by atoms with Gasteiger partial charge >= 0.3 is 0 Å². The average molecular weight is 375 g/mol. The summed E-state index contributed by atoms with van der Waals surface area (Å²) < 4.78 is 19.1. The first-order valence-corrected chi connectivity index (χ1v) is 10.3. The van der Waals surface area contributed by atoms with Gasteiger partial charge in [-0.2, -0.15) is 0 Å². The molecule has 6 nitrogen and oxygen atoms in total. The minimum Gasteiger partial charge on any atom is -0.497 e. The summed E-state index contributed by atoms with van der Waals surface area (Å²) in [4.78, 5) is 0. The third-order valence-electron chi connectivity index (χ3n) is 4.90. The van der Waals surface area contributed by atoms with Crippen molar-refractivity contribution in [2.24, 2.45) is 0 Å². The number of methoxy groups -OCH3 is 1. The van der Waals surface area contributed by atoms with Gasteiger partial charge in [0.2, 0.25) is 0 Å². The van der Waals surface area contributed by atoms with E-state index in [1.165, 1.54) is 0 Å². The predicted octanol–water partition coefficient (Wildman–Crippen LogP) is 3.40. The molecule has 3 heterocycles. The molecule has 2 atom stereocenters. The second kappa shape index (κ2) is 8.41. The van der Waals surface area contributed by atoms with Gasteiger partial charge in [0.1, 0.15) is 5.75 Å². The monoisotopic (exact) mass is 375 g/mol. The molecule has 1 aromatic heterocycles. The first-order chi connectivity index (χ1) is 12.8. The summed E-state index contributed by atoms with van der Waals surface area (Å²) in [5, 5.41) is 9.90. The molecule has 1 aromatic carbocycles. The van der Waals surface area contributed by atoms with Crippen LogP contribution in [0.3, 0.4) is 0 Å². The van der Waals surface area contributed by atoms with E-state index in [9.17, 15) is 0 Å². The standard InChI is InChI=1S/C19H25N3O3S/c1-23-15-8-6-14(7-9-15)18-20-21-19(26-13-17-5-3-11-25-17)22(18)12-16-4-2-10-24-16/h6-9,16-17H,2-5,10-13H2,1H3. The van der Waals surface area contributed by atoms with Gasteiger partial charge in [-0.05, 0) is 49.9 Å².